The summed E-state index contributed by atoms with van der Waals surface area (Å²) in [5.41, 5.74) is 1.95. The van der Waals surface area contributed by atoms with Crippen LogP contribution in [-0.4, -0.2) is 14.6 Å². The van der Waals surface area contributed by atoms with Gasteiger partial charge in [-0.15, -0.1) is 10.2 Å². The number of nitrogens with zero attached hydrogens (tertiary/aromatic N) is 3. The zero-order valence-electron chi connectivity index (χ0n) is 8.34. The molecular weight excluding hydrogens is 313 g/mol. The SMILES string of the molecule is Ic1ccc2nnc(-c3ccccc3)n2c1. The van der Waals surface area contributed by atoms with Crippen LogP contribution in [0.25, 0.3) is 17.0 Å². The maximum Gasteiger partial charge on any atom is 0.168 e. The van der Waals surface area contributed by atoms with E-state index in [0.717, 1.165) is 17.0 Å². The zero-order valence-corrected chi connectivity index (χ0v) is 10.5. The van der Waals surface area contributed by atoms with E-state index in [1.807, 2.05) is 53.1 Å². The van der Waals surface area contributed by atoms with Gasteiger partial charge in [0.2, 0.25) is 0 Å². The Morgan fingerprint density at radius 1 is 0.938 bits per heavy atom. The first-order valence-corrected chi connectivity index (χ1v) is 5.98. The molecule has 0 amide bonds. The molecule has 3 rings (SSSR count). The third kappa shape index (κ3) is 1.59. The Labute approximate surface area is 106 Å². The molecule has 3 nitrogen and oxygen atoms in total. The summed E-state index contributed by atoms with van der Waals surface area (Å²) in [7, 11) is 0. The third-order valence-corrected chi connectivity index (χ3v) is 3.04. The zero-order chi connectivity index (χ0) is 11.0. The van der Waals surface area contributed by atoms with Crippen molar-refractivity contribution in [1.29, 1.82) is 0 Å². The highest BCUT2D eigenvalue weighted by atomic mass is 127. The van der Waals surface area contributed by atoms with Crippen LogP contribution in [0.15, 0.2) is 48.7 Å². The summed E-state index contributed by atoms with van der Waals surface area (Å²) in [5, 5.41) is 8.36. The van der Waals surface area contributed by atoms with Crippen molar-refractivity contribution in [3.05, 3.63) is 52.2 Å². The van der Waals surface area contributed by atoms with Gasteiger partial charge in [-0.05, 0) is 34.7 Å². The van der Waals surface area contributed by atoms with Gasteiger partial charge < -0.3 is 0 Å². The lowest BCUT2D eigenvalue weighted by molar-refractivity contribution is 1.11. The lowest BCUT2D eigenvalue weighted by Gasteiger charge is -1.99. The van der Waals surface area contributed by atoms with Crippen LogP contribution in [0.2, 0.25) is 0 Å². The molecular formula is C12H8IN3. The van der Waals surface area contributed by atoms with E-state index in [1.165, 1.54) is 3.57 Å². The Morgan fingerprint density at radius 3 is 2.56 bits per heavy atom. The van der Waals surface area contributed by atoms with Crippen molar-refractivity contribution in [3.8, 4) is 11.4 Å². The highest BCUT2D eigenvalue weighted by Crippen LogP contribution is 2.18. The van der Waals surface area contributed by atoms with Crippen molar-refractivity contribution in [1.82, 2.24) is 14.6 Å². The van der Waals surface area contributed by atoms with Gasteiger partial charge in [-0.25, -0.2) is 0 Å². The Balaban J connectivity index is 2.29. The highest BCUT2D eigenvalue weighted by molar-refractivity contribution is 14.1. The van der Waals surface area contributed by atoms with Gasteiger partial charge in [0.15, 0.2) is 11.5 Å². The van der Waals surface area contributed by atoms with Gasteiger partial charge >= 0.3 is 0 Å². The van der Waals surface area contributed by atoms with E-state index in [-0.39, 0.29) is 0 Å². The van der Waals surface area contributed by atoms with E-state index < -0.39 is 0 Å². The van der Waals surface area contributed by atoms with Gasteiger partial charge in [0, 0.05) is 15.3 Å². The van der Waals surface area contributed by atoms with Crippen LogP contribution in [0.3, 0.4) is 0 Å². The molecule has 2 aromatic heterocycles. The smallest absolute Gasteiger partial charge is 0.168 e. The molecule has 0 aliphatic heterocycles. The molecule has 0 saturated heterocycles. The standard InChI is InChI=1S/C12H8IN3/c13-10-6-7-11-14-15-12(16(11)8-10)9-4-2-1-3-5-9/h1-8H. The van der Waals surface area contributed by atoms with Crippen LogP contribution in [0.5, 0.6) is 0 Å². The molecule has 0 aliphatic rings. The molecule has 1 aromatic carbocycles. The van der Waals surface area contributed by atoms with E-state index in [1.54, 1.807) is 0 Å². The fourth-order valence-electron chi connectivity index (χ4n) is 1.65. The maximum absolute atomic E-state index is 4.22. The van der Waals surface area contributed by atoms with Gasteiger partial charge in [0.1, 0.15) is 0 Å². The summed E-state index contributed by atoms with van der Waals surface area (Å²) in [6.45, 7) is 0. The summed E-state index contributed by atoms with van der Waals surface area (Å²) in [5.74, 6) is 0.883. The monoisotopic (exact) mass is 321 g/mol. The average Bonchev–Trinajstić information content (AvgIpc) is 2.73. The van der Waals surface area contributed by atoms with E-state index in [0.29, 0.717) is 0 Å². The van der Waals surface area contributed by atoms with E-state index in [4.69, 9.17) is 0 Å². The van der Waals surface area contributed by atoms with Crippen molar-refractivity contribution < 1.29 is 0 Å². The topological polar surface area (TPSA) is 30.2 Å². The van der Waals surface area contributed by atoms with Gasteiger partial charge in [-0.1, -0.05) is 30.3 Å². The first kappa shape index (κ1) is 9.77. The predicted octanol–water partition coefficient (Wildman–Crippen LogP) is 3.00. The molecule has 0 fully saturated rings. The van der Waals surface area contributed by atoms with Crippen LogP contribution in [0.1, 0.15) is 0 Å². The summed E-state index contributed by atoms with van der Waals surface area (Å²) in [6, 6.07) is 14.1. The quantitative estimate of drug-likeness (QED) is 0.645. The Morgan fingerprint density at radius 2 is 1.75 bits per heavy atom. The Kier molecular flexibility index (Phi) is 2.36. The molecule has 4 heteroatoms. The minimum Gasteiger partial charge on any atom is -0.281 e. The summed E-state index contributed by atoms with van der Waals surface area (Å²) < 4.78 is 3.18. The third-order valence-electron chi connectivity index (χ3n) is 2.40. The number of fused-ring (bicyclic) bond motifs is 1. The number of benzene rings is 1. The van der Waals surface area contributed by atoms with Crippen LogP contribution >= 0.6 is 22.6 Å². The van der Waals surface area contributed by atoms with Gasteiger partial charge in [-0.3, -0.25) is 4.40 Å². The van der Waals surface area contributed by atoms with Crippen LogP contribution in [0, 0.1) is 3.57 Å². The normalized spacial score (nSPS) is 10.8. The summed E-state index contributed by atoms with van der Waals surface area (Å²) in [4.78, 5) is 0. The number of halogens is 1. The minimum absolute atomic E-state index is 0.874. The van der Waals surface area contributed by atoms with Gasteiger partial charge in [0.05, 0.1) is 0 Å². The first-order chi connectivity index (χ1) is 7.84. The van der Waals surface area contributed by atoms with Gasteiger partial charge in [-0.2, -0.15) is 0 Å². The molecule has 16 heavy (non-hydrogen) atoms. The van der Waals surface area contributed by atoms with Crippen LogP contribution < -0.4 is 0 Å². The summed E-state index contributed by atoms with van der Waals surface area (Å²) in [6.07, 6.45) is 2.04. The first-order valence-electron chi connectivity index (χ1n) is 4.90. The van der Waals surface area contributed by atoms with Crippen molar-refractivity contribution in [3.63, 3.8) is 0 Å². The average molecular weight is 321 g/mol. The molecule has 2 heterocycles. The highest BCUT2D eigenvalue weighted by Gasteiger charge is 2.06. The molecule has 0 spiro atoms. The molecule has 0 N–H and O–H groups in total. The number of pyridine rings is 1. The van der Waals surface area contributed by atoms with Crippen LogP contribution in [-0.2, 0) is 0 Å². The van der Waals surface area contributed by atoms with E-state index >= 15 is 0 Å². The van der Waals surface area contributed by atoms with Crippen molar-refractivity contribution in [2.24, 2.45) is 0 Å². The Bertz CT molecular complexity index is 631. The lowest BCUT2D eigenvalue weighted by atomic mass is 10.2. The maximum atomic E-state index is 4.22. The summed E-state index contributed by atoms with van der Waals surface area (Å²) >= 11 is 2.29. The fourth-order valence-corrected chi connectivity index (χ4v) is 2.11. The van der Waals surface area contributed by atoms with Crippen molar-refractivity contribution in [2.45, 2.75) is 0 Å². The molecule has 0 aliphatic carbocycles. The molecule has 0 unspecified atom stereocenters. The second-order valence-electron chi connectivity index (χ2n) is 3.47. The largest absolute Gasteiger partial charge is 0.281 e. The van der Waals surface area contributed by atoms with Gasteiger partial charge in [0.25, 0.3) is 0 Å². The fraction of sp³-hybridized carbons (Fsp3) is 0. The molecule has 0 saturated carbocycles. The lowest BCUT2D eigenvalue weighted by Crippen LogP contribution is -1.89. The molecule has 0 atom stereocenters. The number of rotatable bonds is 1. The van der Waals surface area contributed by atoms with E-state index in [2.05, 4.69) is 32.8 Å². The molecule has 0 radical (unpaired) electrons. The minimum atomic E-state index is 0.874. The predicted molar refractivity (Wildman–Crippen MR) is 71.1 cm³/mol. The van der Waals surface area contributed by atoms with Crippen molar-refractivity contribution >= 4 is 28.2 Å². The Hall–Kier alpha value is -1.43. The number of hydrogen-bond acceptors (Lipinski definition) is 2. The van der Waals surface area contributed by atoms with E-state index in [9.17, 15) is 0 Å². The molecule has 78 valence electrons. The number of aromatic nitrogens is 3. The number of hydrogen-bond donors (Lipinski definition) is 0. The second kappa shape index (κ2) is 3.86. The molecule has 3 aromatic rings. The molecule has 0 bridgehead atoms. The van der Waals surface area contributed by atoms with Crippen molar-refractivity contribution in [2.75, 3.05) is 0 Å². The van der Waals surface area contributed by atoms with Crippen LogP contribution in [0.4, 0.5) is 0 Å². The second-order valence-corrected chi connectivity index (χ2v) is 4.71.